The molecule has 0 saturated heterocycles. The second kappa shape index (κ2) is 5.45. The van der Waals surface area contributed by atoms with Crippen molar-refractivity contribution in [2.75, 3.05) is 0 Å². The molecule has 0 saturated carbocycles. The zero-order valence-corrected chi connectivity index (χ0v) is 13.2. The summed E-state index contributed by atoms with van der Waals surface area (Å²) in [5, 5.41) is 4.00. The smallest absolute Gasteiger partial charge is 0.339 e. The molecule has 0 radical (unpaired) electrons. The molecule has 3 rings (SSSR count). The molecule has 112 valence electrons. The van der Waals surface area contributed by atoms with Crippen molar-refractivity contribution in [1.82, 2.24) is 0 Å². The van der Waals surface area contributed by atoms with Gasteiger partial charge in [-0.25, -0.2) is 4.79 Å². The Balaban J connectivity index is 2.26. The molecule has 22 heavy (non-hydrogen) atoms. The summed E-state index contributed by atoms with van der Waals surface area (Å²) in [5.41, 5.74) is 0.199. The lowest BCUT2D eigenvalue weighted by Gasteiger charge is -2.24. The van der Waals surface area contributed by atoms with Crippen LogP contribution in [0.4, 0.5) is 0 Å². The predicted octanol–water partition coefficient (Wildman–Crippen LogP) is 5.34. The molecule has 0 unspecified atom stereocenters. The van der Waals surface area contributed by atoms with E-state index < -0.39 is 5.60 Å². The third kappa shape index (κ3) is 2.57. The van der Waals surface area contributed by atoms with Crippen molar-refractivity contribution in [3.63, 3.8) is 0 Å². The third-order valence-corrected chi connectivity index (χ3v) is 4.20. The maximum absolute atomic E-state index is 12.8. The first kappa shape index (κ1) is 14.6. The van der Waals surface area contributed by atoms with Crippen LogP contribution in [0.2, 0.25) is 0 Å². The van der Waals surface area contributed by atoms with Gasteiger partial charge in [0.05, 0.1) is 5.56 Å². The molecule has 0 N–H and O–H groups in total. The first-order chi connectivity index (χ1) is 10.5. The van der Waals surface area contributed by atoms with Crippen molar-refractivity contribution in [3.8, 4) is 0 Å². The summed E-state index contributed by atoms with van der Waals surface area (Å²) in [6.45, 7) is 5.91. The zero-order chi connectivity index (χ0) is 15.7. The lowest BCUT2D eigenvalue weighted by atomic mass is 9.96. The van der Waals surface area contributed by atoms with E-state index in [9.17, 15) is 4.79 Å². The Hall–Kier alpha value is -2.35. The van der Waals surface area contributed by atoms with E-state index in [1.807, 2.05) is 69.3 Å². The number of hydrogen-bond donors (Lipinski definition) is 0. The standard InChI is InChI=1S/C20H20O2/c1-4-20(2,3)22-19(21)18-16-11-7-5-9-14(16)13-15-10-6-8-12-17(15)18/h5-13H,4H2,1-3H3. The molecule has 2 heteroatoms. The van der Waals surface area contributed by atoms with Gasteiger partial charge in [0.2, 0.25) is 0 Å². The molecule has 0 spiro atoms. The fourth-order valence-corrected chi connectivity index (χ4v) is 2.61. The van der Waals surface area contributed by atoms with Gasteiger partial charge in [0.25, 0.3) is 0 Å². The lowest BCUT2D eigenvalue weighted by Crippen LogP contribution is -2.27. The highest BCUT2D eigenvalue weighted by atomic mass is 16.6. The minimum atomic E-state index is -0.463. The molecule has 0 atom stereocenters. The summed E-state index contributed by atoms with van der Waals surface area (Å²) in [4.78, 5) is 12.8. The van der Waals surface area contributed by atoms with E-state index in [0.29, 0.717) is 5.56 Å². The summed E-state index contributed by atoms with van der Waals surface area (Å²) < 4.78 is 5.75. The number of fused-ring (bicyclic) bond motifs is 2. The molecule has 0 aliphatic rings. The Morgan fingerprint density at radius 2 is 1.45 bits per heavy atom. The normalized spacial score (nSPS) is 11.8. The van der Waals surface area contributed by atoms with E-state index in [2.05, 4.69) is 6.07 Å². The van der Waals surface area contributed by atoms with Crippen LogP contribution >= 0.6 is 0 Å². The molecule has 0 bridgehead atoms. The van der Waals surface area contributed by atoms with Crippen molar-refractivity contribution >= 4 is 27.5 Å². The van der Waals surface area contributed by atoms with Gasteiger partial charge in [-0.05, 0) is 47.9 Å². The van der Waals surface area contributed by atoms with Gasteiger partial charge >= 0.3 is 5.97 Å². The Morgan fingerprint density at radius 3 is 1.95 bits per heavy atom. The molecular weight excluding hydrogens is 272 g/mol. The first-order valence-electron chi connectivity index (χ1n) is 7.66. The van der Waals surface area contributed by atoms with Gasteiger partial charge in [-0.3, -0.25) is 0 Å². The van der Waals surface area contributed by atoms with E-state index >= 15 is 0 Å². The topological polar surface area (TPSA) is 26.3 Å². The molecule has 3 aromatic rings. The van der Waals surface area contributed by atoms with Gasteiger partial charge in [0, 0.05) is 0 Å². The summed E-state index contributed by atoms with van der Waals surface area (Å²) in [5.74, 6) is -0.250. The second-order valence-corrected chi connectivity index (χ2v) is 6.20. The minimum Gasteiger partial charge on any atom is -0.456 e. The summed E-state index contributed by atoms with van der Waals surface area (Å²) >= 11 is 0. The number of benzene rings is 3. The first-order valence-corrected chi connectivity index (χ1v) is 7.66. The molecule has 0 aliphatic carbocycles. The average Bonchev–Trinajstić information content (AvgIpc) is 2.52. The second-order valence-electron chi connectivity index (χ2n) is 6.20. The number of carbonyl (C=O) groups excluding carboxylic acids is 1. The average molecular weight is 292 g/mol. The van der Waals surface area contributed by atoms with Crippen molar-refractivity contribution in [1.29, 1.82) is 0 Å². The van der Waals surface area contributed by atoms with Crippen molar-refractivity contribution in [3.05, 3.63) is 60.2 Å². The van der Waals surface area contributed by atoms with E-state index in [4.69, 9.17) is 4.74 Å². The maximum Gasteiger partial charge on any atom is 0.339 e. The largest absolute Gasteiger partial charge is 0.456 e. The zero-order valence-electron chi connectivity index (χ0n) is 13.2. The van der Waals surface area contributed by atoms with Crippen LogP contribution in [-0.2, 0) is 4.74 Å². The van der Waals surface area contributed by atoms with Crippen LogP contribution in [0.25, 0.3) is 21.5 Å². The maximum atomic E-state index is 12.8. The fraction of sp³-hybridized carbons (Fsp3) is 0.250. The molecule has 0 aliphatic heterocycles. The molecule has 2 nitrogen and oxygen atoms in total. The van der Waals surface area contributed by atoms with Gasteiger partial charge in [-0.1, -0.05) is 55.5 Å². The van der Waals surface area contributed by atoms with Gasteiger partial charge in [-0.2, -0.15) is 0 Å². The monoisotopic (exact) mass is 292 g/mol. The SMILES string of the molecule is CCC(C)(C)OC(=O)c1c2ccccc2cc2ccccc12. The van der Waals surface area contributed by atoms with Crippen molar-refractivity contribution in [2.45, 2.75) is 32.8 Å². The van der Waals surface area contributed by atoms with Gasteiger partial charge in [0.15, 0.2) is 0 Å². The molecule has 0 heterocycles. The predicted molar refractivity (Wildman–Crippen MR) is 91.2 cm³/mol. The lowest BCUT2D eigenvalue weighted by molar-refractivity contribution is -0.00199. The molecular formula is C20H20O2. The third-order valence-electron chi connectivity index (χ3n) is 4.20. The highest BCUT2D eigenvalue weighted by Crippen LogP contribution is 2.30. The van der Waals surface area contributed by atoms with E-state index in [1.165, 1.54) is 0 Å². The summed E-state index contributed by atoms with van der Waals surface area (Å²) in [6, 6.07) is 18.0. The number of hydrogen-bond acceptors (Lipinski definition) is 2. The van der Waals surface area contributed by atoms with Gasteiger partial charge in [0.1, 0.15) is 5.60 Å². The Bertz CT molecular complexity index is 793. The quantitative estimate of drug-likeness (QED) is 0.481. The summed E-state index contributed by atoms with van der Waals surface area (Å²) in [7, 11) is 0. The molecule has 0 fully saturated rings. The van der Waals surface area contributed by atoms with E-state index in [0.717, 1.165) is 28.0 Å². The Morgan fingerprint density at radius 1 is 0.955 bits per heavy atom. The number of carbonyl (C=O) groups is 1. The molecule has 3 aromatic carbocycles. The van der Waals surface area contributed by atoms with Crippen molar-refractivity contribution in [2.24, 2.45) is 0 Å². The Labute approximate surface area is 130 Å². The molecule has 0 amide bonds. The van der Waals surface area contributed by atoms with Gasteiger partial charge in [-0.15, -0.1) is 0 Å². The number of ether oxygens (including phenoxy) is 1. The van der Waals surface area contributed by atoms with Crippen LogP contribution in [0, 0.1) is 0 Å². The molecule has 0 aromatic heterocycles. The fourth-order valence-electron chi connectivity index (χ4n) is 2.61. The van der Waals surface area contributed by atoms with Crippen LogP contribution in [0.3, 0.4) is 0 Å². The van der Waals surface area contributed by atoms with Crippen molar-refractivity contribution < 1.29 is 9.53 Å². The van der Waals surface area contributed by atoms with Crippen LogP contribution in [0.5, 0.6) is 0 Å². The van der Waals surface area contributed by atoms with E-state index in [1.54, 1.807) is 0 Å². The Kier molecular flexibility index (Phi) is 3.61. The van der Waals surface area contributed by atoms with Crippen LogP contribution in [-0.4, -0.2) is 11.6 Å². The van der Waals surface area contributed by atoms with E-state index in [-0.39, 0.29) is 5.97 Å². The van der Waals surface area contributed by atoms with Crippen LogP contribution in [0.1, 0.15) is 37.6 Å². The summed E-state index contributed by atoms with van der Waals surface area (Å²) in [6.07, 6.45) is 0.779. The van der Waals surface area contributed by atoms with Crippen LogP contribution in [0.15, 0.2) is 54.6 Å². The highest BCUT2D eigenvalue weighted by Gasteiger charge is 2.24. The van der Waals surface area contributed by atoms with Gasteiger partial charge < -0.3 is 4.74 Å². The number of rotatable bonds is 3. The highest BCUT2D eigenvalue weighted by molar-refractivity contribution is 6.16. The minimum absolute atomic E-state index is 0.250. The van der Waals surface area contributed by atoms with Crippen LogP contribution < -0.4 is 0 Å². The number of esters is 1.